The molecule has 2 aromatic carbocycles. The summed E-state index contributed by atoms with van der Waals surface area (Å²) in [6, 6.07) is 7.04. The van der Waals surface area contributed by atoms with Crippen LogP contribution in [0, 0.1) is 17.5 Å². The fourth-order valence-electron chi connectivity index (χ4n) is 1.98. The summed E-state index contributed by atoms with van der Waals surface area (Å²) < 4.78 is 65.3. The summed E-state index contributed by atoms with van der Waals surface area (Å²) in [5, 5.41) is 0. The van der Waals surface area contributed by atoms with Crippen molar-refractivity contribution in [2.45, 2.75) is 17.9 Å². The van der Waals surface area contributed by atoms with Crippen LogP contribution in [-0.4, -0.2) is 19.8 Å². The fraction of sp³-hybridized carbons (Fsp3) is 0.200. The molecule has 3 nitrogen and oxygen atoms in total. The van der Waals surface area contributed by atoms with E-state index in [4.69, 9.17) is 0 Å². The number of nitrogens with zero attached hydrogens (tertiary/aromatic N) is 1. The predicted molar refractivity (Wildman–Crippen MR) is 76.1 cm³/mol. The minimum absolute atomic E-state index is 0.204. The van der Waals surface area contributed by atoms with Crippen LogP contribution in [0.15, 0.2) is 47.4 Å². The Kier molecular flexibility index (Phi) is 4.58. The lowest BCUT2D eigenvalue weighted by Crippen LogP contribution is -2.30. The first kappa shape index (κ1) is 16.5. The third kappa shape index (κ3) is 3.15. The van der Waals surface area contributed by atoms with E-state index in [1.807, 2.05) is 0 Å². The van der Waals surface area contributed by atoms with Crippen molar-refractivity contribution < 1.29 is 21.6 Å². The average Bonchev–Trinajstić information content (AvgIpc) is 2.48. The minimum Gasteiger partial charge on any atom is -0.207 e. The molecule has 0 spiro atoms. The van der Waals surface area contributed by atoms with E-state index in [2.05, 4.69) is 0 Å². The van der Waals surface area contributed by atoms with Gasteiger partial charge in [0.15, 0.2) is 11.6 Å². The molecule has 0 fully saturated rings. The van der Waals surface area contributed by atoms with Crippen LogP contribution in [0.4, 0.5) is 13.2 Å². The van der Waals surface area contributed by atoms with Gasteiger partial charge in [0.25, 0.3) is 0 Å². The highest BCUT2D eigenvalue weighted by atomic mass is 32.2. The molecule has 0 radical (unpaired) electrons. The van der Waals surface area contributed by atoms with Crippen molar-refractivity contribution >= 4 is 10.0 Å². The Morgan fingerprint density at radius 1 is 1.00 bits per heavy atom. The van der Waals surface area contributed by atoms with Gasteiger partial charge in [0.2, 0.25) is 10.0 Å². The van der Waals surface area contributed by atoms with Gasteiger partial charge in [0.05, 0.1) is 4.90 Å². The van der Waals surface area contributed by atoms with Crippen LogP contribution in [0.5, 0.6) is 0 Å². The van der Waals surface area contributed by atoms with Crippen molar-refractivity contribution in [2.75, 3.05) is 7.05 Å². The van der Waals surface area contributed by atoms with Gasteiger partial charge in [-0.25, -0.2) is 21.6 Å². The maximum Gasteiger partial charge on any atom is 0.243 e. The zero-order valence-corrected chi connectivity index (χ0v) is 12.7. The number of hydrogen-bond donors (Lipinski definition) is 0. The third-order valence-electron chi connectivity index (χ3n) is 3.44. The number of sulfonamides is 1. The Bertz CT molecular complexity index is 793. The lowest BCUT2D eigenvalue weighted by Gasteiger charge is -2.24. The lowest BCUT2D eigenvalue weighted by atomic mass is 10.1. The monoisotopic (exact) mass is 329 g/mol. The van der Waals surface area contributed by atoms with Crippen LogP contribution < -0.4 is 0 Å². The standard InChI is InChI=1S/C15H14F3NO2S/c1-10(11-6-7-14(17)15(18)8-11)19(2)22(20,21)13-5-3-4-12(16)9-13/h3-10H,1-2H3. The zero-order valence-electron chi connectivity index (χ0n) is 11.9. The molecule has 0 saturated heterocycles. The van der Waals surface area contributed by atoms with E-state index in [1.165, 1.54) is 32.2 Å². The van der Waals surface area contributed by atoms with Gasteiger partial charge in [0.1, 0.15) is 5.82 Å². The van der Waals surface area contributed by atoms with E-state index in [-0.39, 0.29) is 4.90 Å². The van der Waals surface area contributed by atoms with E-state index < -0.39 is 33.5 Å². The Balaban J connectivity index is 2.37. The molecule has 118 valence electrons. The fourth-order valence-corrected chi connectivity index (χ4v) is 3.37. The first-order valence-electron chi connectivity index (χ1n) is 6.42. The van der Waals surface area contributed by atoms with Crippen molar-refractivity contribution in [3.63, 3.8) is 0 Å². The molecular formula is C15H14F3NO2S. The summed E-state index contributed by atoms with van der Waals surface area (Å²) in [5.74, 6) is -2.73. The molecule has 0 amide bonds. The van der Waals surface area contributed by atoms with Gasteiger partial charge in [-0.05, 0) is 42.8 Å². The van der Waals surface area contributed by atoms with Gasteiger partial charge in [-0.15, -0.1) is 0 Å². The zero-order chi connectivity index (χ0) is 16.5. The predicted octanol–water partition coefficient (Wildman–Crippen LogP) is 3.49. The van der Waals surface area contributed by atoms with E-state index in [1.54, 1.807) is 0 Å². The molecule has 0 saturated carbocycles. The van der Waals surface area contributed by atoms with Gasteiger partial charge in [-0.2, -0.15) is 4.31 Å². The second kappa shape index (κ2) is 6.10. The maximum absolute atomic E-state index is 13.3. The smallest absolute Gasteiger partial charge is 0.207 e. The van der Waals surface area contributed by atoms with Crippen LogP contribution in [0.25, 0.3) is 0 Å². The molecule has 2 aromatic rings. The van der Waals surface area contributed by atoms with Crippen LogP contribution in [0.2, 0.25) is 0 Å². The molecule has 0 aromatic heterocycles. The Morgan fingerprint density at radius 2 is 1.68 bits per heavy atom. The highest BCUT2D eigenvalue weighted by molar-refractivity contribution is 7.89. The molecule has 0 aliphatic carbocycles. The first-order chi connectivity index (χ1) is 10.2. The first-order valence-corrected chi connectivity index (χ1v) is 7.86. The molecule has 0 heterocycles. The van der Waals surface area contributed by atoms with Crippen molar-refractivity contribution in [2.24, 2.45) is 0 Å². The van der Waals surface area contributed by atoms with E-state index in [9.17, 15) is 21.6 Å². The summed E-state index contributed by atoms with van der Waals surface area (Å²) in [7, 11) is -2.66. The Morgan fingerprint density at radius 3 is 2.27 bits per heavy atom. The minimum atomic E-state index is -3.95. The molecule has 1 atom stereocenters. The van der Waals surface area contributed by atoms with E-state index in [0.717, 1.165) is 28.6 Å². The van der Waals surface area contributed by atoms with Crippen molar-refractivity contribution in [1.82, 2.24) is 4.31 Å². The van der Waals surface area contributed by atoms with Crippen molar-refractivity contribution in [3.8, 4) is 0 Å². The quantitative estimate of drug-likeness (QED) is 0.861. The average molecular weight is 329 g/mol. The lowest BCUT2D eigenvalue weighted by molar-refractivity contribution is 0.395. The SMILES string of the molecule is CC(c1ccc(F)c(F)c1)N(C)S(=O)(=O)c1cccc(F)c1. The topological polar surface area (TPSA) is 37.4 Å². The number of halogens is 3. The molecule has 0 aliphatic rings. The summed E-state index contributed by atoms with van der Waals surface area (Å²) in [4.78, 5) is -0.204. The van der Waals surface area contributed by atoms with Gasteiger partial charge >= 0.3 is 0 Å². The second-order valence-electron chi connectivity index (χ2n) is 4.83. The summed E-state index contributed by atoms with van der Waals surface area (Å²) in [6.45, 7) is 1.53. The molecule has 22 heavy (non-hydrogen) atoms. The van der Waals surface area contributed by atoms with E-state index >= 15 is 0 Å². The summed E-state index contributed by atoms with van der Waals surface area (Å²) in [5.41, 5.74) is 0.293. The Hall–Kier alpha value is -1.86. The van der Waals surface area contributed by atoms with Crippen LogP contribution >= 0.6 is 0 Å². The Labute approximate surface area is 127 Å². The van der Waals surface area contributed by atoms with Gasteiger partial charge < -0.3 is 0 Å². The highest BCUT2D eigenvalue weighted by Crippen LogP contribution is 2.26. The summed E-state index contributed by atoms with van der Waals surface area (Å²) in [6.07, 6.45) is 0. The normalized spacial score (nSPS) is 13.4. The molecule has 0 bridgehead atoms. The number of benzene rings is 2. The van der Waals surface area contributed by atoms with Gasteiger partial charge in [-0.1, -0.05) is 12.1 Å². The third-order valence-corrected chi connectivity index (χ3v) is 5.37. The van der Waals surface area contributed by atoms with Gasteiger partial charge in [0, 0.05) is 13.1 Å². The summed E-state index contributed by atoms with van der Waals surface area (Å²) >= 11 is 0. The van der Waals surface area contributed by atoms with Gasteiger partial charge in [-0.3, -0.25) is 0 Å². The van der Waals surface area contributed by atoms with Crippen molar-refractivity contribution in [1.29, 1.82) is 0 Å². The highest BCUT2D eigenvalue weighted by Gasteiger charge is 2.27. The maximum atomic E-state index is 13.3. The molecule has 2 rings (SSSR count). The van der Waals surface area contributed by atoms with Crippen LogP contribution in [0.3, 0.4) is 0 Å². The molecule has 1 unspecified atom stereocenters. The van der Waals surface area contributed by atoms with E-state index in [0.29, 0.717) is 5.56 Å². The van der Waals surface area contributed by atoms with Crippen molar-refractivity contribution in [3.05, 3.63) is 65.5 Å². The van der Waals surface area contributed by atoms with Crippen LogP contribution in [0.1, 0.15) is 18.5 Å². The second-order valence-corrected chi connectivity index (χ2v) is 6.83. The molecular weight excluding hydrogens is 315 g/mol. The van der Waals surface area contributed by atoms with Crippen LogP contribution in [-0.2, 0) is 10.0 Å². The number of hydrogen-bond acceptors (Lipinski definition) is 2. The molecule has 7 heteroatoms. The molecule has 0 N–H and O–H groups in total. The largest absolute Gasteiger partial charge is 0.243 e. The molecule has 0 aliphatic heterocycles. The number of rotatable bonds is 4.